The molecule has 1 aromatic heterocycles. The average molecular weight is 395 g/mol. The summed E-state index contributed by atoms with van der Waals surface area (Å²) in [6.45, 7) is 7.76. The van der Waals surface area contributed by atoms with E-state index in [4.69, 9.17) is 10.1 Å². The number of H-pyrrole nitrogens is 1. The first-order valence-electron chi connectivity index (χ1n) is 10.5. The Kier molecular flexibility index (Phi) is 5.46. The maximum absolute atomic E-state index is 12.6. The minimum Gasteiger partial charge on any atom is -0.381 e. The molecule has 1 atom stereocenters. The SMILES string of the molecule is CC1(C)CCCC1Nc1cc[nH]c(=O)c1C(=N)c1ccc(N2CCOCC2)cc1. The van der Waals surface area contributed by atoms with Crippen LogP contribution >= 0.6 is 0 Å². The molecule has 29 heavy (non-hydrogen) atoms. The second-order valence-electron chi connectivity index (χ2n) is 8.69. The Morgan fingerprint density at radius 2 is 1.93 bits per heavy atom. The molecule has 0 radical (unpaired) electrons. The van der Waals surface area contributed by atoms with Gasteiger partial charge in [-0.25, -0.2) is 0 Å². The fourth-order valence-electron chi connectivity index (χ4n) is 4.43. The van der Waals surface area contributed by atoms with Gasteiger partial charge >= 0.3 is 0 Å². The van der Waals surface area contributed by atoms with Crippen molar-refractivity contribution in [3.8, 4) is 0 Å². The Balaban J connectivity index is 1.59. The lowest BCUT2D eigenvalue weighted by Crippen LogP contribution is -2.36. The number of benzene rings is 1. The zero-order chi connectivity index (χ0) is 20.4. The lowest BCUT2D eigenvalue weighted by Gasteiger charge is -2.29. The monoisotopic (exact) mass is 394 g/mol. The Bertz CT molecular complexity index is 927. The van der Waals surface area contributed by atoms with Crippen LogP contribution in [0.5, 0.6) is 0 Å². The van der Waals surface area contributed by atoms with Crippen LogP contribution in [0.2, 0.25) is 0 Å². The molecule has 0 bridgehead atoms. The number of aromatic nitrogens is 1. The fraction of sp³-hybridized carbons (Fsp3) is 0.478. The fourth-order valence-corrected chi connectivity index (χ4v) is 4.43. The van der Waals surface area contributed by atoms with E-state index < -0.39 is 0 Å². The Morgan fingerprint density at radius 1 is 1.21 bits per heavy atom. The lowest BCUT2D eigenvalue weighted by atomic mass is 9.87. The largest absolute Gasteiger partial charge is 0.381 e. The van der Waals surface area contributed by atoms with Crippen LogP contribution in [0.4, 0.5) is 11.4 Å². The van der Waals surface area contributed by atoms with Gasteiger partial charge in [0.2, 0.25) is 0 Å². The van der Waals surface area contributed by atoms with Gasteiger partial charge in [-0.15, -0.1) is 0 Å². The highest BCUT2D eigenvalue weighted by atomic mass is 16.5. The van der Waals surface area contributed by atoms with E-state index in [2.05, 4.69) is 29.0 Å². The molecule has 1 aromatic carbocycles. The maximum Gasteiger partial charge on any atom is 0.259 e. The molecule has 0 amide bonds. The third-order valence-electron chi connectivity index (χ3n) is 6.33. The molecule has 2 aliphatic rings. The van der Waals surface area contributed by atoms with Crippen LogP contribution in [0.15, 0.2) is 41.3 Å². The highest BCUT2D eigenvalue weighted by molar-refractivity contribution is 6.13. The highest BCUT2D eigenvalue weighted by Gasteiger charge is 2.35. The van der Waals surface area contributed by atoms with Gasteiger partial charge in [0.15, 0.2) is 0 Å². The molecule has 6 nitrogen and oxygen atoms in total. The summed E-state index contributed by atoms with van der Waals surface area (Å²) in [5.41, 5.74) is 3.23. The van der Waals surface area contributed by atoms with Crippen LogP contribution in [-0.2, 0) is 4.74 Å². The molecule has 4 rings (SSSR count). The topological polar surface area (TPSA) is 81.2 Å². The van der Waals surface area contributed by atoms with Crippen molar-refractivity contribution in [2.45, 2.75) is 39.2 Å². The van der Waals surface area contributed by atoms with Crippen LogP contribution in [0.3, 0.4) is 0 Å². The van der Waals surface area contributed by atoms with Gasteiger partial charge in [-0.2, -0.15) is 0 Å². The van der Waals surface area contributed by atoms with E-state index in [1.807, 2.05) is 30.3 Å². The molecule has 0 spiro atoms. The van der Waals surface area contributed by atoms with Crippen LogP contribution in [0.25, 0.3) is 0 Å². The average Bonchev–Trinajstić information content (AvgIpc) is 3.06. The number of rotatable bonds is 5. The first kappa shape index (κ1) is 19.7. The highest BCUT2D eigenvalue weighted by Crippen LogP contribution is 2.39. The summed E-state index contributed by atoms with van der Waals surface area (Å²) in [4.78, 5) is 17.7. The molecule has 1 saturated heterocycles. The van der Waals surface area contributed by atoms with Crippen LogP contribution in [0, 0.1) is 10.8 Å². The zero-order valence-corrected chi connectivity index (χ0v) is 17.3. The first-order chi connectivity index (χ1) is 14.0. The number of hydrogen-bond acceptors (Lipinski definition) is 5. The molecule has 2 aromatic rings. The van der Waals surface area contributed by atoms with E-state index in [-0.39, 0.29) is 16.7 Å². The van der Waals surface area contributed by atoms with Crippen molar-refractivity contribution in [2.75, 3.05) is 36.5 Å². The zero-order valence-electron chi connectivity index (χ0n) is 17.3. The van der Waals surface area contributed by atoms with E-state index in [1.54, 1.807) is 6.20 Å². The van der Waals surface area contributed by atoms with Gasteiger partial charge in [0, 0.05) is 36.6 Å². The molecule has 154 valence electrons. The van der Waals surface area contributed by atoms with Gasteiger partial charge in [-0.1, -0.05) is 32.4 Å². The van der Waals surface area contributed by atoms with Crippen molar-refractivity contribution in [2.24, 2.45) is 5.41 Å². The molecule has 2 heterocycles. The van der Waals surface area contributed by atoms with E-state index >= 15 is 0 Å². The number of hydrogen-bond donors (Lipinski definition) is 3. The number of pyridine rings is 1. The van der Waals surface area contributed by atoms with E-state index in [0.29, 0.717) is 11.6 Å². The molecule has 1 aliphatic heterocycles. The van der Waals surface area contributed by atoms with E-state index in [9.17, 15) is 4.79 Å². The van der Waals surface area contributed by atoms with Crippen molar-refractivity contribution in [3.05, 3.63) is 58.0 Å². The number of anilines is 2. The number of nitrogens with zero attached hydrogens (tertiary/aromatic N) is 1. The number of nitrogens with one attached hydrogen (secondary N) is 3. The first-order valence-corrected chi connectivity index (χ1v) is 10.5. The summed E-state index contributed by atoms with van der Waals surface area (Å²) in [6, 6.07) is 10.1. The standard InChI is InChI=1S/C23H30N4O2/c1-23(2)10-3-4-19(23)26-18-9-11-25-22(28)20(18)21(24)16-5-7-17(8-6-16)27-12-14-29-15-13-27/h5-9,11,19,24H,3-4,10,12-15H2,1-2H3,(H2,25,26,28). The Hall–Kier alpha value is -2.60. The van der Waals surface area contributed by atoms with Gasteiger partial charge in [0.05, 0.1) is 30.2 Å². The molecule has 2 fully saturated rings. The number of ether oxygens (including phenoxy) is 1. The molecular weight excluding hydrogens is 364 g/mol. The molecular formula is C23H30N4O2. The predicted molar refractivity (Wildman–Crippen MR) is 118 cm³/mol. The van der Waals surface area contributed by atoms with Crippen LogP contribution < -0.4 is 15.8 Å². The van der Waals surface area contributed by atoms with E-state index in [1.165, 1.54) is 12.8 Å². The summed E-state index contributed by atoms with van der Waals surface area (Å²) in [5, 5.41) is 12.3. The summed E-state index contributed by atoms with van der Waals surface area (Å²) < 4.78 is 5.42. The second-order valence-corrected chi connectivity index (χ2v) is 8.69. The van der Waals surface area contributed by atoms with Gasteiger partial charge < -0.3 is 19.9 Å². The smallest absolute Gasteiger partial charge is 0.259 e. The van der Waals surface area contributed by atoms with Gasteiger partial charge in [0.25, 0.3) is 5.56 Å². The minimum absolute atomic E-state index is 0.182. The normalized spacial score (nSPS) is 21.2. The van der Waals surface area contributed by atoms with Gasteiger partial charge in [-0.05, 0) is 36.5 Å². The summed E-state index contributed by atoms with van der Waals surface area (Å²) in [6.07, 6.45) is 5.10. The summed E-state index contributed by atoms with van der Waals surface area (Å²) in [5.74, 6) is 0. The third-order valence-corrected chi connectivity index (χ3v) is 6.33. The van der Waals surface area contributed by atoms with Crippen molar-refractivity contribution in [1.82, 2.24) is 4.98 Å². The molecule has 6 heteroatoms. The molecule has 1 unspecified atom stereocenters. The number of aromatic amines is 1. The van der Waals surface area contributed by atoms with Gasteiger partial charge in [0.1, 0.15) is 0 Å². The van der Waals surface area contributed by atoms with Crippen LogP contribution in [-0.4, -0.2) is 43.0 Å². The Morgan fingerprint density at radius 3 is 2.59 bits per heavy atom. The number of morpholine rings is 1. The third kappa shape index (κ3) is 4.08. The molecule has 3 N–H and O–H groups in total. The quantitative estimate of drug-likeness (QED) is 0.677. The molecule has 1 saturated carbocycles. The van der Waals surface area contributed by atoms with Crippen molar-refractivity contribution in [1.29, 1.82) is 5.41 Å². The van der Waals surface area contributed by atoms with Gasteiger partial charge in [-0.3, -0.25) is 10.2 Å². The Labute approximate surface area is 171 Å². The minimum atomic E-state index is -0.229. The lowest BCUT2D eigenvalue weighted by molar-refractivity contribution is 0.122. The van der Waals surface area contributed by atoms with Crippen molar-refractivity contribution in [3.63, 3.8) is 0 Å². The summed E-state index contributed by atoms with van der Waals surface area (Å²) >= 11 is 0. The predicted octanol–water partition coefficient (Wildman–Crippen LogP) is 3.62. The second kappa shape index (κ2) is 8.03. The van der Waals surface area contributed by atoms with Crippen LogP contribution in [0.1, 0.15) is 44.2 Å². The van der Waals surface area contributed by atoms with E-state index in [0.717, 1.165) is 49.7 Å². The van der Waals surface area contributed by atoms with Crippen molar-refractivity contribution < 1.29 is 4.74 Å². The summed E-state index contributed by atoms with van der Waals surface area (Å²) in [7, 11) is 0. The maximum atomic E-state index is 12.6. The molecule has 1 aliphatic carbocycles. The van der Waals surface area contributed by atoms with Crippen molar-refractivity contribution >= 4 is 17.1 Å².